The smallest absolute Gasteiger partial charge is 0.328 e. The lowest BCUT2D eigenvalue weighted by Crippen LogP contribution is -2.38. The Balaban J connectivity index is 2.26. The van der Waals surface area contributed by atoms with Crippen LogP contribution in [0.5, 0.6) is 0 Å². The van der Waals surface area contributed by atoms with Gasteiger partial charge in [0, 0.05) is 13.1 Å². The van der Waals surface area contributed by atoms with Gasteiger partial charge in [0.05, 0.1) is 18.4 Å². The Morgan fingerprint density at radius 2 is 2.21 bits per heavy atom. The second-order valence-corrected chi connectivity index (χ2v) is 2.81. The second kappa shape index (κ2) is 3.51. The molecule has 0 aromatic carbocycles. The standard InChI is InChI=1S/C7H8N4O3/c8-5-6-7(9-14-11(6)12)10-1-3-13-4-2-10/h1-4H2. The van der Waals surface area contributed by atoms with E-state index in [0.717, 1.165) is 0 Å². The average molecular weight is 196 g/mol. The van der Waals surface area contributed by atoms with Crippen LogP contribution in [-0.4, -0.2) is 31.5 Å². The fourth-order valence-corrected chi connectivity index (χ4v) is 1.31. The van der Waals surface area contributed by atoms with Gasteiger partial charge in [-0.25, -0.2) is 0 Å². The van der Waals surface area contributed by atoms with E-state index in [9.17, 15) is 5.21 Å². The van der Waals surface area contributed by atoms with Gasteiger partial charge >= 0.3 is 11.5 Å². The van der Waals surface area contributed by atoms with Crippen molar-refractivity contribution in [2.75, 3.05) is 31.2 Å². The molecule has 1 aromatic rings. The van der Waals surface area contributed by atoms with Crippen molar-refractivity contribution in [3.05, 3.63) is 10.9 Å². The van der Waals surface area contributed by atoms with Gasteiger partial charge in [-0.05, 0) is 4.90 Å². The summed E-state index contributed by atoms with van der Waals surface area (Å²) in [6.45, 7) is 2.36. The Morgan fingerprint density at radius 1 is 1.50 bits per heavy atom. The third-order valence-corrected chi connectivity index (χ3v) is 2.01. The minimum absolute atomic E-state index is 0.105. The molecule has 2 heterocycles. The van der Waals surface area contributed by atoms with E-state index in [1.54, 1.807) is 11.0 Å². The first kappa shape index (κ1) is 8.77. The van der Waals surface area contributed by atoms with Crippen molar-refractivity contribution in [2.45, 2.75) is 0 Å². The molecule has 2 rings (SSSR count). The monoisotopic (exact) mass is 196 g/mol. The summed E-state index contributed by atoms with van der Waals surface area (Å²) in [5, 5.41) is 23.1. The third kappa shape index (κ3) is 1.36. The van der Waals surface area contributed by atoms with Gasteiger partial charge < -0.3 is 14.8 Å². The van der Waals surface area contributed by atoms with Gasteiger partial charge in [0.25, 0.3) is 0 Å². The summed E-state index contributed by atoms with van der Waals surface area (Å²) in [6.07, 6.45) is 0. The maximum Gasteiger partial charge on any atom is 0.328 e. The quantitative estimate of drug-likeness (QED) is 0.536. The van der Waals surface area contributed by atoms with Gasteiger partial charge in [0.1, 0.15) is 0 Å². The number of anilines is 1. The number of morpholine rings is 1. The fourth-order valence-electron chi connectivity index (χ4n) is 1.31. The molecule has 14 heavy (non-hydrogen) atoms. The molecule has 1 aliphatic rings. The molecule has 0 N–H and O–H groups in total. The Kier molecular flexibility index (Phi) is 2.20. The maximum atomic E-state index is 10.9. The van der Waals surface area contributed by atoms with Crippen molar-refractivity contribution < 1.29 is 14.3 Å². The van der Waals surface area contributed by atoms with Gasteiger partial charge in [-0.2, -0.15) is 5.26 Å². The van der Waals surface area contributed by atoms with Crippen LogP contribution >= 0.6 is 0 Å². The summed E-state index contributed by atoms with van der Waals surface area (Å²) in [7, 11) is 0. The van der Waals surface area contributed by atoms with Crippen molar-refractivity contribution in [1.29, 1.82) is 5.26 Å². The van der Waals surface area contributed by atoms with E-state index in [4.69, 9.17) is 10.00 Å². The van der Waals surface area contributed by atoms with Gasteiger partial charge in [-0.15, -0.1) is 0 Å². The molecule has 1 aliphatic heterocycles. The van der Waals surface area contributed by atoms with Crippen LogP contribution < -0.4 is 9.80 Å². The van der Waals surface area contributed by atoms with E-state index in [1.165, 1.54) is 0 Å². The zero-order valence-corrected chi connectivity index (χ0v) is 7.34. The number of rotatable bonds is 1. The van der Waals surface area contributed by atoms with Gasteiger partial charge in [0.15, 0.2) is 6.07 Å². The highest BCUT2D eigenvalue weighted by molar-refractivity contribution is 5.46. The molecule has 1 saturated heterocycles. The zero-order valence-electron chi connectivity index (χ0n) is 7.34. The largest absolute Gasteiger partial charge is 0.378 e. The Morgan fingerprint density at radius 3 is 2.86 bits per heavy atom. The molecule has 1 aromatic heterocycles. The molecule has 0 bridgehead atoms. The molecule has 0 saturated carbocycles. The number of nitriles is 1. The van der Waals surface area contributed by atoms with Crippen LogP contribution in [0.2, 0.25) is 0 Å². The predicted molar refractivity (Wildman–Crippen MR) is 43.2 cm³/mol. The van der Waals surface area contributed by atoms with Crippen LogP contribution in [0.4, 0.5) is 5.82 Å². The Labute approximate surface area is 79.6 Å². The summed E-state index contributed by atoms with van der Waals surface area (Å²) in [6, 6.07) is 1.75. The van der Waals surface area contributed by atoms with E-state index >= 15 is 0 Å². The topological polar surface area (TPSA) is 89.2 Å². The molecule has 1 fully saturated rings. The van der Waals surface area contributed by atoms with E-state index in [1.807, 2.05) is 0 Å². The Hall–Kier alpha value is -1.81. The van der Waals surface area contributed by atoms with Gasteiger partial charge in [-0.1, -0.05) is 0 Å². The zero-order chi connectivity index (χ0) is 9.97. The van der Waals surface area contributed by atoms with Crippen molar-refractivity contribution in [3.63, 3.8) is 0 Å². The first-order valence-corrected chi connectivity index (χ1v) is 4.15. The van der Waals surface area contributed by atoms with E-state index in [-0.39, 0.29) is 10.6 Å². The fraction of sp³-hybridized carbons (Fsp3) is 0.571. The summed E-state index contributed by atoms with van der Waals surface area (Å²) in [5.41, 5.74) is -0.105. The number of nitrogens with zero attached hydrogens (tertiary/aromatic N) is 4. The summed E-state index contributed by atoms with van der Waals surface area (Å²) < 4.78 is 9.48. The van der Waals surface area contributed by atoms with Crippen LogP contribution in [0.15, 0.2) is 4.63 Å². The normalized spacial score (nSPS) is 16.6. The van der Waals surface area contributed by atoms with Crippen molar-refractivity contribution in [2.24, 2.45) is 0 Å². The van der Waals surface area contributed by atoms with Crippen molar-refractivity contribution in [1.82, 2.24) is 5.16 Å². The minimum Gasteiger partial charge on any atom is -0.378 e. The number of ether oxygens (including phenoxy) is 1. The van der Waals surface area contributed by atoms with Gasteiger partial charge in [-0.3, -0.25) is 4.63 Å². The number of hydrogen-bond donors (Lipinski definition) is 0. The molecular formula is C7H8N4O3. The average Bonchev–Trinajstić information content (AvgIpc) is 2.61. The predicted octanol–water partition coefficient (Wildman–Crippen LogP) is -0.984. The number of aromatic nitrogens is 2. The van der Waals surface area contributed by atoms with Crippen molar-refractivity contribution in [3.8, 4) is 6.07 Å². The van der Waals surface area contributed by atoms with Crippen LogP contribution in [0, 0.1) is 16.5 Å². The molecule has 0 unspecified atom stereocenters. The third-order valence-electron chi connectivity index (χ3n) is 2.01. The van der Waals surface area contributed by atoms with Crippen LogP contribution in [-0.2, 0) is 4.74 Å². The summed E-state index contributed by atoms with van der Waals surface area (Å²) in [5.74, 6) is 0.297. The molecule has 74 valence electrons. The highest BCUT2D eigenvalue weighted by Gasteiger charge is 2.26. The molecule has 7 heteroatoms. The first-order chi connectivity index (χ1) is 6.83. The van der Waals surface area contributed by atoms with Crippen LogP contribution in [0.3, 0.4) is 0 Å². The van der Waals surface area contributed by atoms with E-state index in [2.05, 4.69) is 9.79 Å². The summed E-state index contributed by atoms with van der Waals surface area (Å²) >= 11 is 0. The first-order valence-electron chi connectivity index (χ1n) is 4.15. The SMILES string of the molecule is N#Cc1c(N2CCOCC2)no[n+]1[O-]. The molecular weight excluding hydrogens is 188 g/mol. The maximum absolute atomic E-state index is 10.9. The van der Waals surface area contributed by atoms with Crippen LogP contribution in [0.1, 0.15) is 5.69 Å². The lowest BCUT2D eigenvalue weighted by atomic mass is 10.3. The Bertz CT molecular complexity index is 364. The highest BCUT2D eigenvalue weighted by Crippen LogP contribution is 2.14. The second-order valence-electron chi connectivity index (χ2n) is 2.81. The van der Waals surface area contributed by atoms with Gasteiger partial charge in [0.2, 0.25) is 0 Å². The molecule has 0 amide bonds. The minimum atomic E-state index is -0.105. The lowest BCUT2D eigenvalue weighted by Gasteiger charge is -2.23. The lowest BCUT2D eigenvalue weighted by molar-refractivity contribution is -0.804. The number of hydrogen-bond acceptors (Lipinski definition) is 6. The molecule has 0 atom stereocenters. The van der Waals surface area contributed by atoms with Crippen LogP contribution in [0.25, 0.3) is 0 Å². The molecule has 0 spiro atoms. The van der Waals surface area contributed by atoms with E-state index in [0.29, 0.717) is 32.1 Å². The molecule has 0 aliphatic carbocycles. The summed E-state index contributed by atoms with van der Waals surface area (Å²) in [4.78, 5) is 1.91. The molecule has 7 nitrogen and oxygen atoms in total. The highest BCUT2D eigenvalue weighted by atomic mass is 16.8. The van der Waals surface area contributed by atoms with E-state index < -0.39 is 0 Å². The molecule has 0 radical (unpaired) electrons. The van der Waals surface area contributed by atoms with Crippen molar-refractivity contribution >= 4 is 5.82 Å².